The van der Waals surface area contributed by atoms with Crippen LogP contribution >= 0.6 is 34.4 Å². The molecule has 1 aliphatic carbocycles. The molecule has 3 aromatic rings. The van der Waals surface area contributed by atoms with Gasteiger partial charge in [0.25, 0.3) is 5.56 Å². The van der Waals surface area contributed by atoms with E-state index in [-0.39, 0.29) is 5.56 Å². The summed E-state index contributed by atoms with van der Waals surface area (Å²) >= 11 is 4.79. The zero-order valence-electron chi connectivity index (χ0n) is 11.3. The molecule has 0 saturated carbocycles. The van der Waals surface area contributed by atoms with E-state index in [4.69, 9.17) is 0 Å². The average Bonchev–Trinajstić information content (AvgIpc) is 3.11. The van der Waals surface area contributed by atoms with Crippen LogP contribution in [-0.2, 0) is 18.6 Å². The maximum Gasteiger partial charge on any atom is 0.259 e. The van der Waals surface area contributed by atoms with Gasteiger partial charge in [-0.2, -0.15) is 0 Å². The lowest BCUT2D eigenvalue weighted by Gasteiger charge is -1.99. The average molecular weight is 336 g/mol. The highest BCUT2D eigenvalue weighted by Crippen LogP contribution is 2.34. The van der Waals surface area contributed by atoms with E-state index in [1.807, 2.05) is 6.92 Å². The molecular weight excluding hydrogens is 324 g/mol. The minimum absolute atomic E-state index is 0.00319. The lowest BCUT2D eigenvalue weighted by atomic mass is 10.2. The van der Waals surface area contributed by atoms with Crippen LogP contribution in [0.4, 0.5) is 0 Å². The van der Waals surface area contributed by atoms with Gasteiger partial charge in [0, 0.05) is 4.88 Å². The Morgan fingerprint density at radius 1 is 1.29 bits per heavy atom. The van der Waals surface area contributed by atoms with E-state index in [1.54, 1.807) is 34.4 Å². The molecular formula is C13H12N4OS3. The molecule has 108 valence electrons. The number of hydrogen-bond acceptors (Lipinski definition) is 7. The first-order valence-corrected chi connectivity index (χ1v) is 9.29. The second-order valence-electron chi connectivity index (χ2n) is 4.93. The number of aromatic nitrogens is 4. The van der Waals surface area contributed by atoms with Crippen molar-refractivity contribution in [2.45, 2.75) is 36.3 Å². The Labute approximate surface area is 132 Å². The van der Waals surface area contributed by atoms with Crippen molar-refractivity contribution in [1.82, 2.24) is 20.2 Å². The number of thioether (sulfide) groups is 1. The second kappa shape index (κ2) is 5.19. The third-order valence-corrected chi connectivity index (χ3v) is 6.63. The third kappa shape index (κ3) is 2.41. The molecule has 0 amide bonds. The number of aromatic amines is 1. The molecule has 0 aliphatic heterocycles. The van der Waals surface area contributed by atoms with E-state index in [0.717, 1.165) is 38.8 Å². The number of aryl methyl sites for hydroxylation is 3. The van der Waals surface area contributed by atoms with Gasteiger partial charge in [-0.25, -0.2) is 4.98 Å². The summed E-state index contributed by atoms with van der Waals surface area (Å²) < 4.78 is 0.906. The molecule has 0 fully saturated rings. The normalized spacial score (nSPS) is 14.0. The fourth-order valence-corrected chi connectivity index (χ4v) is 5.55. The first-order chi connectivity index (χ1) is 10.2. The van der Waals surface area contributed by atoms with Crippen LogP contribution in [0.3, 0.4) is 0 Å². The number of nitrogens with one attached hydrogen (secondary N) is 1. The number of rotatable bonds is 3. The SMILES string of the molecule is Cc1nnc(SCc2nc3sc4c(c3c(=O)[nH]2)CCC4)s1. The van der Waals surface area contributed by atoms with Gasteiger partial charge in [0.15, 0.2) is 4.34 Å². The maximum atomic E-state index is 12.3. The van der Waals surface area contributed by atoms with E-state index in [0.29, 0.717) is 11.6 Å². The minimum Gasteiger partial charge on any atom is -0.309 e. The van der Waals surface area contributed by atoms with Crippen molar-refractivity contribution in [3.63, 3.8) is 0 Å². The van der Waals surface area contributed by atoms with E-state index < -0.39 is 0 Å². The van der Waals surface area contributed by atoms with Gasteiger partial charge >= 0.3 is 0 Å². The van der Waals surface area contributed by atoms with Gasteiger partial charge in [-0.05, 0) is 31.7 Å². The fraction of sp³-hybridized carbons (Fsp3) is 0.385. The summed E-state index contributed by atoms with van der Waals surface area (Å²) in [6.45, 7) is 1.93. The van der Waals surface area contributed by atoms with Gasteiger partial charge in [0.05, 0.1) is 11.1 Å². The molecule has 4 rings (SSSR count). The smallest absolute Gasteiger partial charge is 0.259 e. The van der Waals surface area contributed by atoms with Crippen molar-refractivity contribution >= 4 is 44.7 Å². The lowest BCUT2D eigenvalue weighted by Crippen LogP contribution is -2.11. The molecule has 0 saturated heterocycles. The van der Waals surface area contributed by atoms with Crippen molar-refractivity contribution in [2.75, 3.05) is 0 Å². The fourth-order valence-electron chi connectivity index (χ4n) is 2.58. The van der Waals surface area contributed by atoms with Crippen LogP contribution in [0, 0.1) is 6.92 Å². The summed E-state index contributed by atoms with van der Waals surface area (Å²) in [5, 5.41) is 9.82. The van der Waals surface area contributed by atoms with Crippen LogP contribution < -0.4 is 5.56 Å². The minimum atomic E-state index is 0.00319. The van der Waals surface area contributed by atoms with Crippen LogP contribution in [-0.4, -0.2) is 20.2 Å². The molecule has 1 N–H and O–H groups in total. The van der Waals surface area contributed by atoms with Gasteiger partial charge in [-0.15, -0.1) is 21.5 Å². The summed E-state index contributed by atoms with van der Waals surface area (Å²) in [6, 6.07) is 0. The first kappa shape index (κ1) is 13.4. The van der Waals surface area contributed by atoms with Gasteiger partial charge in [-0.1, -0.05) is 23.1 Å². The number of hydrogen-bond donors (Lipinski definition) is 1. The van der Waals surface area contributed by atoms with Crippen LogP contribution in [0.5, 0.6) is 0 Å². The highest BCUT2D eigenvalue weighted by Gasteiger charge is 2.21. The van der Waals surface area contributed by atoms with E-state index in [2.05, 4.69) is 20.2 Å². The number of fused-ring (bicyclic) bond motifs is 3. The molecule has 0 unspecified atom stereocenters. The van der Waals surface area contributed by atoms with Gasteiger partial charge in [0.2, 0.25) is 0 Å². The van der Waals surface area contributed by atoms with E-state index in [9.17, 15) is 4.79 Å². The summed E-state index contributed by atoms with van der Waals surface area (Å²) in [7, 11) is 0. The van der Waals surface area contributed by atoms with Gasteiger partial charge in [0.1, 0.15) is 15.7 Å². The molecule has 3 aromatic heterocycles. The van der Waals surface area contributed by atoms with Crippen LogP contribution in [0.15, 0.2) is 9.13 Å². The van der Waals surface area contributed by atoms with E-state index in [1.165, 1.54) is 10.4 Å². The van der Waals surface area contributed by atoms with Crippen LogP contribution in [0.2, 0.25) is 0 Å². The summed E-state index contributed by atoms with van der Waals surface area (Å²) in [6.07, 6.45) is 3.26. The molecule has 5 nitrogen and oxygen atoms in total. The quantitative estimate of drug-likeness (QED) is 0.745. The highest BCUT2D eigenvalue weighted by molar-refractivity contribution is 8.00. The standard InChI is InChI=1S/C13H12N4OS3/c1-6-16-17-13(20-6)19-5-9-14-11(18)10-7-3-2-4-8(7)21-12(10)15-9/h2-5H2,1H3,(H,14,15,18). The Morgan fingerprint density at radius 3 is 3.00 bits per heavy atom. The molecule has 0 bridgehead atoms. The monoisotopic (exact) mass is 336 g/mol. The number of nitrogens with zero attached hydrogens (tertiary/aromatic N) is 3. The van der Waals surface area contributed by atoms with E-state index >= 15 is 0 Å². The van der Waals surface area contributed by atoms with Crippen molar-refractivity contribution in [2.24, 2.45) is 0 Å². The summed E-state index contributed by atoms with van der Waals surface area (Å²) in [4.78, 5) is 22.1. The molecule has 21 heavy (non-hydrogen) atoms. The predicted octanol–water partition coefficient (Wildman–Crippen LogP) is 2.93. The Balaban J connectivity index is 1.66. The van der Waals surface area contributed by atoms with Crippen molar-refractivity contribution < 1.29 is 0 Å². The summed E-state index contributed by atoms with van der Waals surface area (Å²) in [5.74, 6) is 1.33. The van der Waals surface area contributed by atoms with Gasteiger partial charge in [-0.3, -0.25) is 4.79 Å². The predicted molar refractivity (Wildman–Crippen MR) is 86.5 cm³/mol. The third-order valence-electron chi connectivity index (χ3n) is 3.46. The lowest BCUT2D eigenvalue weighted by molar-refractivity contribution is 0.916. The molecule has 3 heterocycles. The number of thiophene rings is 1. The second-order valence-corrected chi connectivity index (χ2v) is 8.41. The Morgan fingerprint density at radius 2 is 2.19 bits per heavy atom. The highest BCUT2D eigenvalue weighted by atomic mass is 32.2. The van der Waals surface area contributed by atoms with Crippen molar-refractivity contribution in [1.29, 1.82) is 0 Å². The van der Waals surface area contributed by atoms with Gasteiger partial charge < -0.3 is 4.98 Å². The summed E-state index contributed by atoms with van der Waals surface area (Å²) in [5.41, 5.74) is 1.23. The topological polar surface area (TPSA) is 71.5 Å². The zero-order valence-corrected chi connectivity index (χ0v) is 13.8. The molecule has 0 radical (unpaired) electrons. The zero-order chi connectivity index (χ0) is 14.4. The van der Waals surface area contributed by atoms with Crippen LogP contribution in [0.1, 0.15) is 27.7 Å². The molecule has 8 heteroatoms. The molecule has 1 aliphatic rings. The van der Waals surface area contributed by atoms with Crippen molar-refractivity contribution in [3.8, 4) is 0 Å². The Kier molecular flexibility index (Phi) is 3.31. The molecule has 0 spiro atoms. The van der Waals surface area contributed by atoms with Crippen molar-refractivity contribution in [3.05, 3.63) is 31.6 Å². The van der Waals surface area contributed by atoms with Crippen LogP contribution in [0.25, 0.3) is 10.2 Å². The first-order valence-electron chi connectivity index (χ1n) is 6.67. The molecule has 0 aromatic carbocycles. The largest absolute Gasteiger partial charge is 0.309 e. The molecule has 0 atom stereocenters. The number of H-pyrrole nitrogens is 1. The maximum absolute atomic E-state index is 12.3. The Hall–Kier alpha value is -1.25. The Bertz CT molecular complexity index is 879.